The maximum Gasteiger partial charge on any atom is 0.249 e. The highest BCUT2D eigenvalue weighted by molar-refractivity contribution is 6.04. The van der Waals surface area contributed by atoms with E-state index in [1.54, 1.807) is 9.80 Å². The smallest absolute Gasteiger partial charge is 0.249 e. The third-order valence-electron chi connectivity index (χ3n) is 8.93. The predicted molar refractivity (Wildman–Crippen MR) is 153 cm³/mol. The van der Waals surface area contributed by atoms with Gasteiger partial charge in [-0.25, -0.2) is 0 Å². The van der Waals surface area contributed by atoms with Crippen LogP contribution in [0.3, 0.4) is 0 Å². The second kappa shape index (κ2) is 10.1. The van der Waals surface area contributed by atoms with E-state index >= 15 is 0 Å². The number of aliphatic hydroxyl groups is 1. The molecule has 6 atom stereocenters. The summed E-state index contributed by atoms with van der Waals surface area (Å²) in [7, 11) is 0. The van der Waals surface area contributed by atoms with Crippen molar-refractivity contribution in [1.82, 2.24) is 9.80 Å². The Balaban J connectivity index is 1.61. The quantitative estimate of drug-likeness (QED) is 0.548. The summed E-state index contributed by atoms with van der Waals surface area (Å²) >= 11 is 0. The molecule has 0 bridgehead atoms. The van der Waals surface area contributed by atoms with Gasteiger partial charge < -0.3 is 24.5 Å². The Morgan fingerprint density at radius 3 is 2.33 bits per heavy atom. The number of carbonyl (C=O) groups excluding carboxylic acids is 3. The molecule has 0 radical (unpaired) electrons. The highest BCUT2D eigenvalue weighted by Gasteiger charge is 2.72. The fraction of sp³-hybridized carbons (Fsp3) is 0.594. The van der Waals surface area contributed by atoms with Gasteiger partial charge in [0, 0.05) is 24.3 Å². The van der Waals surface area contributed by atoms with Gasteiger partial charge in [-0.05, 0) is 44.2 Å². The van der Waals surface area contributed by atoms with Gasteiger partial charge in [-0.3, -0.25) is 14.4 Å². The first-order valence-corrected chi connectivity index (χ1v) is 14.5. The number of anilines is 1. The van der Waals surface area contributed by atoms with E-state index in [4.69, 9.17) is 4.74 Å². The fourth-order valence-corrected chi connectivity index (χ4v) is 7.66. The lowest BCUT2D eigenvalue weighted by Crippen LogP contribution is -2.61. The Hall–Kier alpha value is -2.97. The zero-order chi connectivity index (χ0) is 29.0. The maximum atomic E-state index is 14.6. The molecule has 8 heteroatoms. The van der Waals surface area contributed by atoms with Crippen LogP contribution in [-0.4, -0.2) is 81.7 Å². The molecule has 8 nitrogen and oxygen atoms in total. The van der Waals surface area contributed by atoms with Gasteiger partial charge in [0.1, 0.15) is 11.6 Å². The highest BCUT2D eigenvalue weighted by Crippen LogP contribution is 2.54. The molecule has 2 fully saturated rings. The molecule has 3 amide bonds. The zero-order valence-electron chi connectivity index (χ0n) is 24.5. The topological polar surface area (TPSA) is 90.4 Å². The summed E-state index contributed by atoms with van der Waals surface area (Å²) in [5.74, 6) is -2.36. The number of hydrogen-bond acceptors (Lipinski definition) is 5. The number of aliphatic hydroxyl groups excluding tert-OH is 1. The normalized spacial score (nSPS) is 31.2. The Kier molecular flexibility index (Phi) is 7.24. The Labute approximate surface area is 237 Å². The van der Waals surface area contributed by atoms with Crippen LogP contribution in [0.1, 0.15) is 54.4 Å². The average molecular weight is 550 g/mol. The number of likely N-dealkylation sites (tertiary alicyclic amines) is 1. The van der Waals surface area contributed by atoms with Gasteiger partial charge in [0.25, 0.3) is 0 Å². The van der Waals surface area contributed by atoms with E-state index in [1.165, 1.54) is 0 Å². The molecular weight excluding hydrogens is 506 g/mol. The Morgan fingerprint density at radius 1 is 1.00 bits per heavy atom. The number of carbonyl (C=O) groups is 3. The predicted octanol–water partition coefficient (Wildman–Crippen LogP) is 3.55. The summed E-state index contributed by atoms with van der Waals surface area (Å²) in [5.41, 5.74) is -1.08. The van der Waals surface area contributed by atoms with Crippen LogP contribution in [0.15, 0.2) is 54.6 Å². The van der Waals surface area contributed by atoms with Crippen molar-refractivity contribution in [2.45, 2.75) is 83.7 Å². The first kappa shape index (κ1) is 28.6. The number of para-hydroxylation sites is 1. The minimum absolute atomic E-state index is 0.0303. The number of hydrogen-bond donors (Lipinski definition) is 1. The Morgan fingerprint density at radius 2 is 1.70 bits per heavy atom. The SMILES string of the molecule is CC[C@@H](CO)N1C(=O)[C@@H]2[C@@H]3C(=O)N(c4ccccc4)CC=C[C@@H]3O[C@@]23C=CCN(C(C)(C)CC(C)(C)C)C(=O)C13. The molecule has 4 aliphatic heterocycles. The average Bonchev–Trinajstić information content (AvgIpc) is 3.19. The van der Waals surface area contributed by atoms with Gasteiger partial charge in [-0.1, -0.05) is 70.2 Å². The standard InChI is InChI=1S/C32H43N3O5/c1-7-21(19-36)35-26-29(39)34(31(5,6)20-30(2,3)4)18-12-16-32(26)25(28(35)38)24-23(40-32)15-11-17-33(27(24)37)22-13-9-8-10-14-22/h8-16,21,23-26,36H,7,17-20H2,1-6H3/t21-,23-,24+,25-,26?,32-/m0/s1. The minimum Gasteiger partial charge on any atom is -0.394 e. The van der Waals surface area contributed by atoms with Crippen LogP contribution in [-0.2, 0) is 19.1 Å². The lowest BCUT2D eigenvalue weighted by molar-refractivity contribution is -0.154. The summed E-state index contributed by atoms with van der Waals surface area (Å²) < 4.78 is 6.75. The van der Waals surface area contributed by atoms with Crippen LogP contribution in [0.5, 0.6) is 0 Å². The number of benzene rings is 1. The number of fused-ring (bicyclic) bond motifs is 2. The minimum atomic E-state index is -1.31. The Bertz CT molecular complexity index is 1210. The first-order valence-electron chi connectivity index (χ1n) is 14.5. The van der Waals surface area contributed by atoms with Gasteiger partial charge in [0.2, 0.25) is 17.7 Å². The van der Waals surface area contributed by atoms with E-state index in [0.717, 1.165) is 12.1 Å². The second-order valence-corrected chi connectivity index (χ2v) is 13.4. The maximum absolute atomic E-state index is 14.6. The van der Waals surface area contributed by atoms with Crippen molar-refractivity contribution in [3.05, 3.63) is 54.6 Å². The molecule has 1 spiro atoms. The summed E-state index contributed by atoms with van der Waals surface area (Å²) in [4.78, 5) is 48.4. The van der Waals surface area contributed by atoms with E-state index in [1.807, 2.05) is 66.5 Å². The van der Waals surface area contributed by atoms with E-state index in [9.17, 15) is 19.5 Å². The monoisotopic (exact) mass is 549 g/mol. The van der Waals surface area contributed by atoms with Crippen LogP contribution in [0.4, 0.5) is 5.69 Å². The molecule has 5 rings (SSSR count). The molecule has 1 unspecified atom stereocenters. The number of amides is 3. The van der Waals surface area contributed by atoms with Crippen LogP contribution in [0.2, 0.25) is 0 Å². The van der Waals surface area contributed by atoms with Gasteiger partial charge in [0.15, 0.2) is 0 Å². The second-order valence-electron chi connectivity index (χ2n) is 13.4. The molecular formula is C32H43N3O5. The zero-order valence-corrected chi connectivity index (χ0v) is 24.5. The van der Waals surface area contributed by atoms with Gasteiger partial charge >= 0.3 is 0 Å². The molecule has 4 aliphatic rings. The largest absolute Gasteiger partial charge is 0.394 e. The summed E-state index contributed by atoms with van der Waals surface area (Å²) in [5, 5.41) is 10.3. The van der Waals surface area contributed by atoms with Crippen LogP contribution >= 0.6 is 0 Å². The number of rotatable bonds is 6. The van der Waals surface area contributed by atoms with Gasteiger partial charge in [0.05, 0.1) is 30.6 Å². The lowest BCUT2D eigenvalue weighted by atomic mass is 9.77. The van der Waals surface area contributed by atoms with E-state index in [2.05, 4.69) is 34.6 Å². The summed E-state index contributed by atoms with van der Waals surface area (Å²) in [6.07, 6.45) is 8.18. The van der Waals surface area contributed by atoms with Crippen molar-refractivity contribution in [1.29, 1.82) is 0 Å². The van der Waals surface area contributed by atoms with Gasteiger partial charge in [-0.15, -0.1) is 0 Å². The van der Waals surface area contributed by atoms with Crippen molar-refractivity contribution in [2.24, 2.45) is 17.3 Å². The van der Waals surface area contributed by atoms with Crippen LogP contribution < -0.4 is 4.90 Å². The molecule has 4 heterocycles. The molecule has 40 heavy (non-hydrogen) atoms. The number of ether oxygens (including phenoxy) is 1. The molecule has 0 saturated carbocycles. The molecule has 1 aromatic rings. The van der Waals surface area contributed by atoms with E-state index < -0.39 is 41.2 Å². The van der Waals surface area contributed by atoms with Crippen molar-refractivity contribution in [3.63, 3.8) is 0 Å². The third-order valence-corrected chi connectivity index (χ3v) is 8.93. The van der Waals surface area contributed by atoms with Crippen molar-refractivity contribution >= 4 is 23.4 Å². The van der Waals surface area contributed by atoms with Crippen molar-refractivity contribution in [2.75, 3.05) is 24.6 Å². The van der Waals surface area contributed by atoms with Crippen molar-refractivity contribution < 1.29 is 24.2 Å². The summed E-state index contributed by atoms with van der Waals surface area (Å²) in [6, 6.07) is 7.89. The van der Waals surface area contributed by atoms with E-state index in [-0.39, 0.29) is 29.7 Å². The molecule has 216 valence electrons. The molecule has 0 aromatic heterocycles. The molecule has 0 aliphatic carbocycles. The van der Waals surface area contributed by atoms with Gasteiger partial charge in [-0.2, -0.15) is 0 Å². The molecule has 2 saturated heterocycles. The number of nitrogens with zero attached hydrogens (tertiary/aromatic N) is 3. The third kappa shape index (κ3) is 4.49. The van der Waals surface area contributed by atoms with Crippen LogP contribution in [0, 0.1) is 17.3 Å². The van der Waals surface area contributed by atoms with Crippen LogP contribution in [0.25, 0.3) is 0 Å². The lowest BCUT2D eigenvalue weighted by Gasteiger charge is -2.45. The highest BCUT2D eigenvalue weighted by atomic mass is 16.5. The van der Waals surface area contributed by atoms with E-state index in [0.29, 0.717) is 19.5 Å². The fourth-order valence-electron chi connectivity index (χ4n) is 7.66. The summed E-state index contributed by atoms with van der Waals surface area (Å²) in [6.45, 7) is 13.0. The first-order chi connectivity index (χ1) is 18.9. The molecule has 1 aromatic carbocycles. The van der Waals surface area contributed by atoms with Crippen molar-refractivity contribution in [3.8, 4) is 0 Å². The molecule has 1 N–H and O–H groups in total.